The van der Waals surface area contributed by atoms with Crippen LogP contribution in [-0.4, -0.2) is 26.7 Å². The number of fused-ring (bicyclic) bond motifs is 1. The first-order valence-electron chi connectivity index (χ1n) is 7.52. The Morgan fingerprint density at radius 1 is 1.36 bits per heavy atom. The van der Waals surface area contributed by atoms with E-state index in [1.54, 1.807) is 0 Å². The molecule has 6 heteroatoms. The molecule has 0 aliphatic heterocycles. The maximum Gasteiger partial charge on any atom is 0.311 e. The van der Waals surface area contributed by atoms with Gasteiger partial charge in [-0.2, -0.15) is 0 Å². The highest BCUT2D eigenvalue weighted by Crippen LogP contribution is 2.37. The summed E-state index contributed by atoms with van der Waals surface area (Å²) in [7, 11) is 0. The average Bonchev–Trinajstić information content (AvgIpc) is 2.95. The van der Waals surface area contributed by atoms with E-state index in [-0.39, 0.29) is 11.7 Å². The third kappa shape index (κ3) is 2.50. The van der Waals surface area contributed by atoms with Gasteiger partial charge in [-0.05, 0) is 25.8 Å². The summed E-state index contributed by atoms with van der Waals surface area (Å²) < 4.78 is 0. The molecule has 0 saturated heterocycles. The lowest BCUT2D eigenvalue weighted by Gasteiger charge is -2.31. The Hall–Kier alpha value is -2.21. The molecule has 2 N–H and O–H groups in total. The molecule has 22 heavy (non-hydrogen) atoms. The van der Waals surface area contributed by atoms with E-state index in [0.717, 1.165) is 25.7 Å². The first-order chi connectivity index (χ1) is 10.5. The van der Waals surface area contributed by atoms with Gasteiger partial charge in [0, 0.05) is 5.39 Å². The van der Waals surface area contributed by atoms with Gasteiger partial charge in [-0.1, -0.05) is 31.0 Å². The van der Waals surface area contributed by atoms with Crippen LogP contribution in [0.15, 0.2) is 30.5 Å². The topological polar surface area (TPSA) is 88.3 Å². The van der Waals surface area contributed by atoms with Crippen molar-refractivity contribution in [3.05, 3.63) is 40.6 Å². The normalized spacial score (nSPS) is 18.3. The van der Waals surface area contributed by atoms with E-state index in [9.17, 15) is 15.2 Å². The van der Waals surface area contributed by atoms with Crippen LogP contribution >= 0.6 is 0 Å². The Morgan fingerprint density at radius 3 is 2.73 bits per heavy atom. The fourth-order valence-corrected chi connectivity index (χ4v) is 3.19. The first kappa shape index (κ1) is 14.7. The Bertz CT molecular complexity index is 711. The van der Waals surface area contributed by atoms with Crippen LogP contribution in [0, 0.1) is 10.1 Å². The van der Waals surface area contributed by atoms with E-state index in [4.69, 9.17) is 0 Å². The van der Waals surface area contributed by atoms with Crippen molar-refractivity contribution in [3.63, 3.8) is 0 Å². The minimum atomic E-state index is -0.807. The number of nitrogens with zero attached hydrogens (tertiary/aromatic N) is 2. The number of benzene rings is 1. The molecule has 116 valence electrons. The molecule has 2 aromatic rings. The number of hydrogen-bond acceptors (Lipinski definition) is 5. The van der Waals surface area contributed by atoms with Gasteiger partial charge in [-0.15, -0.1) is 0 Å². The Kier molecular flexibility index (Phi) is 3.70. The number of aliphatic hydroxyl groups is 1. The summed E-state index contributed by atoms with van der Waals surface area (Å²) in [6, 6.07) is 7.04. The molecule has 0 bridgehead atoms. The number of anilines is 1. The molecule has 0 unspecified atom stereocenters. The third-order valence-electron chi connectivity index (χ3n) is 4.59. The fourth-order valence-electron chi connectivity index (χ4n) is 3.19. The molecule has 1 fully saturated rings. The molecule has 1 aliphatic carbocycles. The summed E-state index contributed by atoms with van der Waals surface area (Å²) in [4.78, 5) is 15.0. The molecule has 1 aromatic heterocycles. The zero-order valence-electron chi connectivity index (χ0n) is 12.5. The number of rotatable bonds is 4. The maximum absolute atomic E-state index is 11.3. The van der Waals surface area contributed by atoms with Crippen molar-refractivity contribution < 1.29 is 10.0 Å². The summed E-state index contributed by atoms with van der Waals surface area (Å²) in [5, 5.41) is 25.9. The summed E-state index contributed by atoms with van der Waals surface area (Å²) in [6.45, 7) is 1.88. The smallest absolute Gasteiger partial charge is 0.311 e. The van der Waals surface area contributed by atoms with Crippen molar-refractivity contribution in [1.82, 2.24) is 4.98 Å². The molecular formula is C16H19N3O3. The second-order valence-electron chi connectivity index (χ2n) is 5.97. The van der Waals surface area contributed by atoms with Crippen LogP contribution in [0.2, 0.25) is 0 Å². The predicted octanol–water partition coefficient (Wildman–Crippen LogP) is 3.25. The first-order valence-corrected chi connectivity index (χ1v) is 7.52. The lowest BCUT2D eigenvalue weighted by molar-refractivity contribution is -0.384. The zero-order chi connectivity index (χ0) is 15.7. The Morgan fingerprint density at radius 2 is 2.05 bits per heavy atom. The highest BCUT2D eigenvalue weighted by molar-refractivity contribution is 5.95. The van der Waals surface area contributed by atoms with Gasteiger partial charge >= 0.3 is 5.69 Å². The summed E-state index contributed by atoms with van der Waals surface area (Å²) in [5.41, 5.74) is 0.259. The van der Waals surface area contributed by atoms with E-state index in [2.05, 4.69) is 10.3 Å². The van der Waals surface area contributed by atoms with Crippen molar-refractivity contribution in [2.75, 3.05) is 5.32 Å². The number of pyridine rings is 1. The van der Waals surface area contributed by atoms with E-state index >= 15 is 0 Å². The molecule has 1 atom stereocenters. The SMILES string of the molecule is C[C@H](Nc1c([N+](=O)[O-])cnc2ccccc12)C1(O)CCCC1. The number of hydrogen-bond donors (Lipinski definition) is 2. The molecule has 1 saturated carbocycles. The van der Waals surface area contributed by atoms with Gasteiger partial charge in [-0.3, -0.25) is 10.1 Å². The van der Waals surface area contributed by atoms with E-state index in [1.807, 2.05) is 31.2 Å². The Labute approximate surface area is 128 Å². The molecule has 1 aromatic carbocycles. The minimum absolute atomic E-state index is 0.0628. The molecule has 6 nitrogen and oxygen atoms in total. The van der Waals surface area contributed by atoms with Gasteiger partial charge in [-0.25, -0.2) is 4.98 Å². The fraction of sp³-hybridized carbons (Fsp3) is 0.438. The van der Waals surface area contributed by atoms with Gasteiger partial charge in [0.2, 0.25) is 0 Å². The monoisotopic (exact) mass is 301 g/mol. The van der Waals surface area contributed by atoms with Crippen molar-refractivity contribution in [2.24, 2.45) is 0 Å². The second-order valence-corrected chi connectivity index (χ2v) is 5.97. The van der Waals surface area contributed by atoms with Crippen LogP contribution < -0.4 is 5.32 Å². The predicted molar refractivity (Wildman–Crippen MR) is 84.9 cm³/mol. The summed E-state index contributed by atoms with van der Waals surface area (Å²) in [5.74, 6) is 0. The second kappa shape index (κ2) is 5.53. The van der Waals surface area contributed by atoms with Crippen LogP contribution in [0.4, 0.5) is 11.4 Å². The van der Waals surface area contributed by atoms with Gasteiger partial charge in [0.1, 0.15) is 11.9 Å². The Balaban J connectivity index is 2.04. The van der Waals surface area contributed by atoms with E-state index in [0.29, 0.717) is 16.6 Å². The summed E-state index contributed by atoms with van der Waals surface area (Å²) >= 11 is 0. The van der Waals surface area contributed by atoms with Crippen LogP contribution in [0.5, 0.6) is 0 Å². The molecular weight excluding hydrogens is 282 g/mol. The quantitative estimate of drug-likeness (QED) is 0.668. The van der Waals surface area contributed by atoms with Gasteiger partial charge in [0.25, 0.3) is 0 Å². The standard InChI is InChI=1S/C16H19N3O3/c1-11(16(20)8-4-5-9-16)18-15-12-6-2-3-7-13(12)17-10-14(15)19(21)22/h2-3,6-7,10-11,20H,4-5,8-9H2,1H3,(H,17,18)/t11-/m0/s1. The van der Waals surface area contributed by atoms with E-state index < -0.39 is 10.5 Å². The highest BCUT2D eigenvalue weighted by atomic mass is 16.6. The number of nitrogens with one attached hydrogen (secondary N) is 1. The van der Waals surface area contributed by atoms with Crippen LogP contribution in [-0.2, 0) is 0 Å². The van der Waals surface area contributed by atoms with Gasteiger partial charge in [0.05, 0.1) is 22.1 Å². The number of para-hydroxylation sites is 1. The van der Waals surface area contributed by atoms with Crippen molar-refractivity contribution in [1.29, 1.82) is 0 Å². The molecule has 1 heterocycles. The van der Waals surface area contributed by atoms with Crippen LogP contribution in [0.3, 0.4) is 0 Å². The van der Waals surface area contributed by atoms with Crippen molar-refractivity contribution >= 4 is 22.3 Å². The van der Waals surface area contributed by atoms with Crippen molar-refractivity contribution in [2.45, 2.75) is 44.2 Å². The lowest BCUT2D eigenvalue weighted by Crippen LogP contribution is -2.42. The maximum atomic E-state index is 11.3. The van der Waals surface area contributed by atoms with Crippen LogP contribution in [0.25, 0.3) is 10.9 Å². The van der Waals surface area contributed by atoms with Gasteiger partial charge in [0.15, 0.2) is 0 Å². The van der Waals surface area contributed by atoms with Crippen molar-refractivity contribution in [3.8, 4) is 0 Å². The zero-order valence-corrected chi connectivity index (χ0v) is 12.5. The molecule has 1 aliphatic rings. The molecule has 0 amide bonds. The number of nitro groups is 1. The number of aromatic nitrogens is 1. The van der Waals surface area contributed by atoms with E-state index in [1.165, 1.54) is 6.20 Å². The molecule has 3 rings (SSSR count). The minimum Gasteiger partial charge on any atom is -0.388 e. The lowest BCUT2D eigenvalue weighted by atomic mass is 9.93. The highest BCUT2D eigenvalue weighted by Gasteiger charge is 2.37. The van der Waals surface area contributed by atoms with Crippen LogP contribution in [0.1, 0.15) is 32.6 Å². The largest absolute Gasteiger partial charge is 0.388 e. The third-order valence-corrected chi connectivity index (χ3v) is 4.59. The molecule has 0 radical (unpaired) electrons. The molecule has 0 spiro atoms. The average molecular weight is 301 g/mol. The van der Waals surface area contributed by atoms with Gasteiger partial charge < -0.3 is 10.4 Å². The summed E-state index contributed by atoms with van der Waals surface area (Å²) in [6.07, 6.45) is 4.69.